The first-order chi connectivity index (χ1) is 9.62. The fraction of sp³-hybridized carbons (Fsp3) is 0.333. The van der Waals surface area contributed by atoms with Gasteiger partial charge in [-0.2, -0.15) is 0 Å². The molecule has 0 radical (unpaired) electrons. The maximum absolute atomic E-state index is 13.4. The molecule has 0 spiro atoms. The average molecular weight is 271 g/mol. The fourth-order valence-corrected chi connectivity index (χ4v) is 2.43. The van der Waals surface area contributed by atoms with Crippen molar-refractivity contribution in [2.75, 3.05) is 5.32 Å². The maximum atomic E-state index is 13.4. The summed E-state index contributed by atoms with van der Waals surface area (Å²) in [6.07, 6.45) is 2.01. The lowest BCUT2D eigenvalue weighted by Gasteiger charge is -2.19. The lowest BCUT2D eigenvalue weighted by Crippen LogP contribution is -2.10. The molecule has 0 aromatic heterocycles. The van der Waals surface area contributed by atoms with Crippen LogP contribution in [0.4, 0.5) is 10.1 Å². The molecule has 106 valence electrons. The molecular formula is C18H22FN. The first-order valence-corrected chi connectivity index (χ1v) is 7.25. The fourth-order valence-electron chi connectivity index (χ4n) is 2.43. The van der Waals surface area contributed by atoms with Gasteiger partial charge in [-0.25, -0.2) is 4.39 Å². The number of hydrogen-bond donors (Lipinski definition) is 1. The molecule has 1 unspecified atom stereocenters. The van der Waals surface area contributed by atoms with Crippen LogP contribution < -0.4 is 5.32 Å². The Kier molecular flexibility index (Phi) is 4.78. The van der Waals surface area contributed by atoms with Crippen molar-refractivity contribution in [2.24, 2.45) is 0 Å². The zero-order valence-electron chi connectivity index (χ0n) is 12.4. The van der Waals surface area contributed by atoms with Gasteiger partial charge < -0.3 is 5.32 Å². The van der Waals surface area contributed by atoms with E-state index in [0.717, 1.165) is 24.1 Å². The minimum absolute atomic E-state index is 0.191. The van der Waals surface area contributed by atoms with Gasteiger partial charge in [-0.05, 0) is 54.7 Å². The normalized spacial score (nSPS) is 12.2. The average Bonchev–Trinajstić information content (AvgIpc) is 2.44. The van der Waals surface area contributed by atoms with E-state index in [1.807, 2.05) is 13.0 Å². The SMILES string of the molecule is CCc1ccc(C(CC)Nc2cc(C)cc(F)c2)cc1. The Morgan fingerprint density at radius 2 is 1.75 bits per heavy atom. The van der Waals surface area contributed by atoms with Crippen LogP contribution in [-0.2, 0) is 6.42 Å². The Labute approximate surface area is 120 Å². The Morgan fingerprint density at radius 1 is 1.05 bits per heavy atom. The predicted octanol–water partition coefficient (Wildman–Crippen LogP) is 5.26. The van der Waals surface area contributed by atoms with E-state index < -0.39 is 0 Å². The van der Waals surface area contributed by atoms with Crippen molar-refractivity contribution in [1.82, 2.24) is 0 Å². The molecule has 1 nitrogen and oxygen atoms in total. The number of halogens is 1. The number of anilines is 1. The summed E-state index contributed by atoms with van der Waals surface area (Å²) in [7, 11) is 0. The highest BCUT2D eigenvalue weighted by molar-refractivity contribution is 5.48. The van der Waals surface area contributed by atoms with E-state index in [9.17, 15) is 4.39 Å². The lowest BCUT2D eigenvalue weighted by molar-refractivity contribution is 0.626. The van der Waals surface area contributed by atoms with Crippen LogP contribution in [0.3, 0.4) is 0 Å². The van der Waals surface area contributed by atoms with E-state index in [2.05, 4.69) is 43.4 Å². The van der Waals surface area contributed by atoms with Gasteiger partial charge in [0.15, 0.2) is 0 Å². The quantitative estimate of drug-likeness (QED) is 0.782. The van der Waals surface area contributed by atoms with Crippen LogP contribution in [0, 0.1) is 12.7 Å². The van der Waals surface area contributed by atoms with Crippen molar-refractivity contribution in [2.45, 2.75) is 39.7 Å². The van der Waals surface area contributed by atoms with Crippen molar-refractivity contribution < 1.29 is 4.39 Å². The summed E-state index contributed by atoms with van der Waals surface area (Å²) in [6, 6.07) is 13.9. The smallest absolute Gasteiger partial charge is 0.125 e. The monoisotopic (exact) mass is 271 g/mol. The summed E-state index contributed by atoms with van der Waals surface area (Å²) in [5.74, 6) is -0.191. The Hall–Kier alpha value is -1.83. The van der Waals surface area contributed by atoms with Crippen molar-refractivity contribution in [3.8, 4) is 0 Å². The summed E-state index contributed by atoms with van der Waals surface area (Å²) in [5, 5.41) is 3.42. The van der Waals surface area contributed by atoms with Gasteiger partial charge in [0.25, 0.3) is 0 Å². The van der Waals surface area contributed by atoms with Crippen molar-refractivity contribution in [3.63, 3.8) is 0 Å². The minimum atomic E-state index is -0.191. The molecule has 0 amide bonds. The van der Waals surface area contributed by atoms with Crippen LogP contribution in [0.2, 0.25) is 0 Å². The van der Waals surface area contributed by atoms with Gasteiger partial charge in [0, 0.05) is 5.69 Å². The molecule has 1 N–H and O–H groups in total. The second-order valence-electron chi connectivity index (χ2n) is 5.22. The van der Waals surface area contributed by atoms with Gasteiger partial charge in [0.05, 0.1) is 6.04 Å². The third kappa shape index (κ3) is 3.60. The third-order valence-corrected chi connectivity index (χ3v) is 3.58. The topological polar surface area (TPSA) is 12.0 Å². The number of aryl methyl sites for hydroxylation is 2. The van der Waals surface area contributed by atoms with Crippen LogP contribution in [0.25, 0.3) is 0 Å². The highest BCUT2D eigenvalue weighted by atomic mass is 19.1. The molecule has 2 aromatic rings. The number of hydrogen-bond acceptors (Lipinski definition) is 1. The van der Waals surface area contributed by atoms with Gasteiger partial charge >= 0.3 is 0 Å². The van der Waals surface area contributed by atoms with E-state index in [0.29, 0.717) is 0 Å². The number of benzene rings is 2. The molecule has 0 saturated carbocycles. The van der Waals surface area contributed by atoms with E-state index in [4.69, 9.17) is 0 Å². The summed E-state index contributed by atoms with van der Waals surface area (Å²) in [4.78, 5) is 0. The zero-order chi connectivity index (χ0) is 14.5. The second-order valence-corrected chi connectivity index (χ2v) is 5.22. The highest BCUT2D eigenvalue weighted by Gasteiger charge is 2.09. The molecule has 0 aliphatic heterocycles. The Bertz CT molecular complexity index is 540. The first kappa shape index (κ1) is 14.6. The van der Waals surface area contributed by atoms with Crippen molar-refractivity contribution in [3.05, 3.63) is 65.0 Å². The molecule has 1 atom stereocenters. The van der Waals surface area contributed by atoms with Gasteiger partial charge in [0.1, 0.15) is 5.82 Å². The molecule has 0 bridgehead atoms. The first-order valence-electron chi connectivity index (χ1n) is 7.25. The summed E-state index contributed by atoms with van der Waals surface area (Å²) in [6.45, 7) is 6.20. The summed E-state index contributed by atoms with van der Waals surface area (Å²) < 4.78 is 13.4. The standard InChI is InChI=1S/C18H22FN/c1-4-14-6-8-15(9-7-14)18(5-2)20-17-11-13(3)10-16(19)12-17/h6-12,18,20H,4-5H2,1-3H3. The molecular weight excluding hydrogens is 249 g/mol. The molecule has 0 saturated heterocycles. The summed E-state index contributed by atoms with van der Waals surface area (Å²) in [5.41, 5.74) is 4.36. The molecule has 20 heavy (non-hydrogen) atoms. The molecule has 0 aliphatic rings. The molecule has 0 fully saturated rings. The maximum Gasteiger partial charge on any atom is 0.125 e. The largest absolute Gasteiger partial charge is 0.378 e. The second kappa shape index (κ2) is 6.56. The van der Waals surface area contributed by atoms with Crippen molar-refractivity contribution in [1.29, 1.82) is 0 Å². The third-order valence-electron chi connectivity index (χ3n) is 3.58. The van der Waals surface area contributed by atoms with E-state index in [1.54, 1.807) is 12.1 Å². The van der Waals surface area contributed by atoms with Gasteiger partial charge in [-0.15, -0.1) is 0 Å². The Balaban J connectivity index is 2.19. The van der Waals surface area contributed by atoms with Crippen LogP contribution in [0.1, 0.15) is 43.0 Å². The van der Waals surface area contributed by atoms with Gasteiger partial charge in [0.2, 0.25) is 0 Å². The van der Waals surface area contributed by atoms with E-state index in [1.165, 1.54) is 11.1 Å². The molecule has 0 heterocycles. The van der Waals surface area contributed by atoms with Crippen LogP contribution in [-0.4, -0.2) is 0 Å². The van der Waals surface area contributed by atoms with Crippen LogP contribution in [0.15, 0.2) is 42.5 Å². The molecule has 2 rings (SSSR count). The van der Waals surface area contributed by atoms with E-state index in [-0.39, 0.29) is 11.9 Å². The summed E-state index contributed by atoms with van der Waals surface area (Å²) >= 11 is 0. The van der Waals surface area contributed by atoms with Gasteiger partial charge in [-0.3, -0.25) is 0 Å². The molecule has 2 aromatic carbocycles. The van der Waals surface area contributed by atoms with E-state index >= 15 is 0 Å². The predicted molar refractivity (Wildman–Crippen MR) is 83.6 cm³/mol. The number of rotatable bonds is 5. The van der Waals surface area contributed by atoms with Crippen LogP contribution >= 0.6 is 0 Å². The molecule has 2 heteroatoms. The number of nitrogens with one attached hydrogen (secondary N) is 1. The molecule has 0 aliphatic carbocycles. The minimum Gasteiger partial charge on any atom is -0.378 e. The lowest BCUT2D eigenvalue weighted by atomic mass is 10.0. The zero-order valence-corrected chi connectivity index (χ0v) is 12.4. The highest BCUT2D eigenvalue weighted by Crippen LogP contribution is 2.24. The van der Waals surface area contributed by atoms with Crippen molar-refractivity contribution >= 4 is 5.69 Å². The Morgan fingerprint density at radius 3 is 2.30 bits per heavy atom. The van der Waals surface area contributed by atoms with Gasteiger partial charge in [-0.1, -0.05) is 38.1 Å². The van der Waals surface area contributed by atoms with Crippen LogP contribution in [0.5, 0.6) is 0 Å².